The van der Waals surface area contributed by atoms with E-state index in [9.17, 15) is 9.59 Å². The Kier molecular flexibility index (Phi) is 10.6. The standard InChI is InChI=1S/C34H39N5O7/c1-2-38-33(40)28-5-3-4-27-31(11-10-29(32(27)28)34(38)41)39-24-30(35-36-39)25-6-8-26(9-7-25)37-12-14-42-16-18-44-20-22-46-23-21-45-19-17-43-15-13-37/h3-11,24H,2,12-23H2,1H3. The van der Waals surface area contributed by atoms with Crippen molar-refractivity contribution in [2.75, 3.05) is 90.6 Å². The van der Waals surface area contributed by atoms with Gasteiger partial charge >= 0.3 is 0 Å². The second-order valence-electron chi connectivity index (χ2n) is 10.9. The van der Waals surface area contributed by atoms with Crippen molar-refractivity contribution in [3.05, 3.63) is 71.9 Å². The Morgan fingerprint density at radius 3 is 1.83 bits per heavy atom. The molecule has 0 N–H and O–H groups in total. The van der Waals surface area contributed by atoms with Crippen LogP contribution in [0.4, 0.5) is 5.69 Å². The quantitative estimate of drug-likeness (QED) is 0.310. The number of ether oxygens (including phenoxy) is 5. The number of aromatic nitrogens is 3. The summed E-state index contributed by atoms with van der Waals surface area (Å²) in [6.07, 6.45) is 1.86. The maximum atomic E-state index is 13.0. The lowest BCUT2D eigenvalue weighted by Gasteiger charge is -2.26. The molecule has 0 unspecified atom stereocenters. The lowest BCUT2D eigenvalue weighted by atomic mass is 9.93. The maximum Gasteiger partial charge on any atom is 0.261 e. The van der Waals surface area contributed by atoms with Crippen LogP contribution in [0.2, 0.25) is 0 Å². The molecule has 0 spiro atoms. The van der Waals surface area contributed by atoms with Crippen LogP contribution in [0.5, 0.6) is 0 Å². The average Bonchev–Trinajstić information content (AvgIpc) is 3.57. The zero-order valence-electron chi connectivity index (χ0n) is 26.1. The van der Waals surface area contributed by atoms with Crippen molar-refractivity contribution in [1.29, 1.82) is 0 Å². The number of amides is 2. The lowest BCUT2D eigenvalue weighted by molar-refractivity contribution is -0.0116. The van der Waals surface area contributed by atoms with Gasteiger partial charge in [-0.2, -0.15) is 0 Å². The zero-order chi connectivity index (χ0) is 31.7. The first-order valence-electron chi connectivity index (χ1n) is 15.7. The molecule has 242 valence electrons. The molecule has 4 aromatic rings. The number of hydrogen-bond donors (Lipinski definition) is 0. The van der Waals surface area contributed by atoms with E-state index in [1.54, 1.807) is 23.7 Å². The summed E-state index contributed by atoms with van der Waals surface area (Å²) in [7, 11) is 0. The number of carbonyl (C=O) groups is 2. The van der Waals surface area contributed by atoms with E-state index in [2.05, 4.69) is 27.3 Å². The molecule has 2 aliphatic heterocycles. The second kappa shape index (κ2) is 15.4. The van der Waals surface area contributed by atoms with Gasteiger partial charge in [-0.25, -0.2) is 4.68 Å². The van der Waals surface area contributed by atoms with E-state index in [-0.39, 0.29) is 11.8 Å². The molecule has 0 saturated carbocycles. The van der Waals surface area contributed by atoms with Gasteiger partial charge < -0.3 is 28.6 Å². The van der Waals surface area contributed by atoms with Crippen LogP contribution in [0, 0.1) is 0 Å². The normalized spacial score (nSPS) is 18.0. The van der Waals surface area contributed by atoms with E-state index in [0.717, 1.165) is 22.3 Å². The first-order chi connectivity index (χ1) is 22.7. The largest absolute Gasteiger partial charge is 0.377 e. The number of rotatable bonds is 4. The van der Waals surface area contributed by atoms with Crippen molar-refractivity contribution >= 4 is 28.3 Å². The molecule has 12 heteroatoms. The number of nitrogens with zero attached hydrogens (tertiary/aromatic N) is 5. The molecule has 0 atom stereocenters. The fourth-order valence-electron chi connectivity index (χ4n) is 5.68. The summed E-state index contributed by atoms with van der Waals surface area (Å²) in [6, 6.07) is 17.3. The van der Waals surface area contributed by atoms with Crippen LogP contribution in [0.3, 0.4) is 0 Å². The minimum atomic E-state index is -0.279. The number of carbonyl (C=O) groups excluding carboxylic acids is 2. The Balaban J connectivity index is 1.16. The van der Waals surface area contributed by atoms with Crippen molar-refractivity contribution in [2.24, 2.45) is 0 Å². The molecule has 0 aliphatic carbocycles. The van der Waals surface area contributed by atoms with Crippen molar-refractivity contribution in [2.45, 2.75) is 6.92 Å². The molecule has 1 fully saturated rings. The van der Waals surface area contributed by atoms with Gasteiger partial charge in [-0.15, -0.1) is 5.10 Å². The Morgan fingerprint density at radius 1 is 0.674 bits per heavy atom. The predicted octanol–water partition coefficient (Wildman–Crippen LogP) is 3.61. The van der Waals surface area contributed by atoms with E-state index in [4.69, 9.17) is 23.7 Å². The molecule has 2 aliphatic rings. The van der Waals surface area contributed by atoms with Gasteiger partial charge in [0.1, 0.15) is 5.69 Å². The monoisotopic (exact) mass is 629 g/mol. The predicted molar refractivity (Wildman–Crippen MR) is 172 cm³/mol. The van der Waals surface area contributed by atoms with Crippen LogP contribution in [-0.2, 0) is 23.7 Å². The Labute approximate surface area is 267 Å². The fourth-order valence-corrected chi connectivity index (χ4v) is 5.68. The molecule has 6 rings (SSSR count). The van der Waals surface area contributed by atoms with Crippen molar-refractivity contribution in [3.63, 3.8) is 0 Å². The topological polar surface area (TPSA) is 117 Å². The van der Waals surface area contributed by atoms with Gasteiger partial charge in [0.05, 0.1) is 78.0 Å². The average molecular weight is 630 g/mol. The van der Waals surface area contributed by atoms with Gasteiger partial charge in [0, 0.05) is 52.8 Å². The number of anilines is 1. The summed E-state index contributed by atoms with van der Waals surface area (Å²) in [5, 5.41) is 10.3. The van der Waals surface area contributed by atoms with Crippen molar-refractivity contribution < 1.29 is 33.3 Å². The third-order valence-electron chi connectivity index (χ3n) is 8.05. The Bertz CT molecular complexity index is 1600. The highest BCUT2D eigenvalue weighted by Crippen LogP contribution is 2.34. The molecule has 3 aromatic carbocycles. The first kappa shape index (κ1) is 31.8. The Morgan fingerprint density at radius 2 is 1.24 bits per heavy atom. The van der Waals surface area contributed by atoms with Crippen molar-refractivity contribution in [3.8, 4) is 16.9 Å². The van der Waals surface area contributed by atoms with Gasteiger partial charge in [0.25, 0.3) is 11.8 Å². The van der Waals surface area contributed by atoms with Crippen LogP contribution >= 0.6 is 0 Å². The van der Waals surface area contributed by atoms with Crippen LogP contribution < -0.4 is 4.90 Å². The van der Waals surface area contributed by atoms with E-state index in [0.29, 0.717) is 108 Å². The highest BCUT2D eigenvalue weighted by atomic mass is 16.6. The molecular formula is C34H39N5O7. The summed E-state index contributed by atoms with van der Waals surface area (Å²) in [5.41, 5.74) is 4.44. The number of hydrogen-bond acceptors (Lipinski definition) is 10. The minimum Gasteiger partial charge on any atom is -0.377 e. The zero-order valence-corrected chi connectivity index (χ0v) is 26.1. The second-order valence-corrected chi connectivity index (χ2v) is 10.9. The van der Waals surface area contributed by atoms with Gasteiger partial charge in [-0.3, -0.25) is 14.5 Å². The van der Waals surface area contributed by atoms with E-state index >= 15 is 0 Å². The van der Waals surface area contributed by atoms with Crippen LogP contribution in [0.1, 0.15) is 27.6 Å². The third kappa shape index (κ3) is 7.11. The minimum absolute atomic E-state index is 0.279. The van der Waals surface area contributed by atoms with E-state index in [1.807, 2.05) is 36.5 Å². The molecule has 0 bridgehead atoms. The van der Waals surface area contributed by atoms with E-state index in [1.165, 1.54) is 4.90 Å². The van der Waals surface area contributed by atoms with Gasteiger partial charge in [0.2, 0.25) is 0 Å². The number of imide groups is 1. The summed E-state index contributed by atoms with van der Waals surface area (Å²) in [5.74, 6) is -0.558. The summed E-state index contributed by atoms with van der Waals surface area (Å²) >= 11 is 0. The molecule has 46 heavy (non-hydrogen) atoms. The summed E-state index contributed by atoms with van der Waals surface area (Å²) < 4.78 is 29.9. The van der Waals surface area contributed by atoms with Crippen LogP contribution in [0.25, 0.3) is 27.7 Å². The summed E-state index contributed by atoms with van der Waals surface area (Å²) in [6.45, 7) is 8.84. The molecule has 1 aromatic heterocycles. The SMILES string of the molecule is CCN1C(=O)c2cccc3c(-n4cc(-c5ccc(N6CCOCCOCCOCCOCCOCC6)cc5)nn4)ccc(c23)C1=O. The van der Waals surface area contributed by atoms with Crippen LogP contribution in [-0.4, -0.2) is 117 Å². The molecular weight excluding hydrogens is 590 g/mol. The smallest absolute Gasteiger partial charge is 0.261 e. The molecule has 0 radical (unpaired) electrons. The highest BCUT2D eigenvalue weighted by Gasteiger charge is 2.32. The summed E-state index contributed by atoms with van der Waals surface area (Å²) in [4.78, 5) is 29.6. The fraction of sp³-hybridized carbons (Fsp3) is 0.412. The molecule has 3 heterocycles. The maximum absolute atomic E-state index is 13.0. The molecule has 1 saturated heterocycles. The van der Waals surface area contributed by atoms with Gasteiger partial charge in [-0.05, 0) is 37.3 Å². The lowest BCUT2D eigenvalue weighted by Crippen LogP contribution is -2.40. The molecule has 12 nitrogen and oxygen atoms in total. The Hall–Kier alpha value is -4.20. The number of benzene rings is 3. The van der Waals surface area contributed by atoms with E-state index < -0.39 is 0 Å². The van der Waals surface area contributed by atoms with Gasteiger partial charge in [-0.1, -0.05) is 29.5 Å². The first-order valence-corrected chi connectivity index (χ1v) is 15.7. The van der Waals surface area contributed by atoms with Gasteiger partial charge in [0.15, 0.2) is 0 Å². The highest BCUT2D eigenvalue weighted by molar-refractivity contribution is 6.26. The van der Waals surface area contributed by atoms with Crippen molar-refractivity contribution in [1.82, 2.24) is 19.9 Å². The van der Waals surface area contributed by atoms with Crippen LogP contribution in [0.15, 0.2) is 60.8 Å². The molecule has 2 amide bonds. The third-order valence-corrected chi connectivity index (χ3v) is 8.05.